The second kappa shape index (κ2) is 6.32. The van der Waals surface area contributed by atoms with E-state index in [9.17, 15) is 8.42 Å². The van der Waals surface area contributed by atoms with E-state index in [-0.39, 0.29) is 17.4 Å². The zero-order chi connectivity index (χ0) is 12.0. The lowest BCUT2D eigenvalue weighted by atomic mass is 10.3. The van der Waals surface area contributed by atoms with Gasteiger partial charge in [-0.15, -0.1) is 0 Å². The van der Waals surface area contributed by atoms with Crippen molar-refractivity contribution in [1.82, 2.24) is 4.98 Å². The lowest BCUT2D eigenvalue weighted by Crippen LogP contribution is -2.09. The number of rotatable bonds is 6. The van der Waals surface area contributed by atoms with Gasteiger partial charge in [-0.2, -0.15) is 0 Å². The molecule has 0 fully saturated rings. The zero-order valence-electron chi connectivity index (χ0n) is 8.76. The van der Waals surface area contributed by atoms with Gasteiger partial charge in [0.2, 0.25) is 0 Å². The molecule has 0 aliphatic rings. The monoisotopic (exact) mass is 307 g/mol. The van der Waals surface area contributed by atoms with Gasteiger partial charge in [-0.1, -0.05) is 6.42 Å². The fraction of sp³-hybridized carbons (Fsp3) is 0.500. The summed E-state index contributed by atoms with van der Waals surface area (Å²) in [4.78, 5) is 3.86. The maximum absolute atomic E-state index is 11.9. The molecule has 0 unspecified atom stereocenters. The molecule has 1 rings (SSSR count). The van der Waals surface area contributed by atoms with E-state index in [0.717, 1.165) is 0 Å². The maximum atomic E-state index is 11.9. The van der Waals surface area contributed by atoms with Crippen molar-refractivity contribution >= 4 is 25.8 Å². The molecule has 0 saturated carbocycles. The van der Waals surface area contributed by atoms with Crippen LogP contribution in [0.25, 0.3) is 0 Å². The first-order valence-corrected chi connectivity index (χ1v) is 7.46. The number of halogens is 1. The van der Waals surface area contributed by atoms with Gasteiger partial charge in [0.05, 0.1) is 10.2 Å². The molecule has 0 bridgehead atoms. The molecule has 0 spiro atoms. The summed E-state index contributed by atoms with van der Waals surface area (Å²) in [7, 11) is -3.31. The van der Waals surface area contributed by atoms with E-state index in [1.165, 1.54) is 6.20 Å². The Bertz CT molecular complexity index is 433. The fourth-order valence-corrected chi connectivity index (χ4v) is 3.64. The minimum Gasteiger partial charge on any atom is -0.396 e. The summed E-state index contributed by atoms with van der Waals surface area (Å²) in [6, 6.07) is 3.34. The van der Waals surface area contributed by atoms with E-state index in [2.05, 4.69) is 20.9 Å². The molecule has 1 heterocycles. The van der Waals surface area contributed by atoms with Crippen molar-refractivity contribution < 1.29 is 13.5 Å². The van der Waals surface area contributed by atoms with Gasteiger partial charge in [-0.05, 0) is 40.9 Å². The highest BCUT2D eigenvalue weighted by molar-refractivity contribution is 9.10. The molecule has 0 saturated heterocycles. The lowest BCUT2D eigenvalue weighted by Gasteiger charge is -2.04. The number of hydrogen-bond acceptors (Lipinski definition) is 4. The van der Waals surface area contributed by atoms with Gasteiger partial charge in [0.1, 0.15) is 0 Å². The fourth-order valence-electron chi connectivity index (χ4n) is 1.28. The summed E-state index contributed by atoms with van der Waals surface area (Å²) < 4.78 is 24.2. The van der Waals surface area contributed by atoms with Crippen molar-refractivity contribution in [3.8, 4) is 0 Å². The third kappa shape index (κ3) is 3.84. The summed E-state index contributed by atoms with van der Waals surface area (Å²) in [5.74, 6) is 0.0720. The van der Waals surface area contributed by atoms with E-state index in [1.807, 2.05) is 0 Å². The molecule has 0 atom stereocenters. The van der Waals surface area contributed by atoms with Crippen molar-refractivity contribution in [3.63, 3.8) is 0 Å². The van der Waals surface area contributed by atoms with Crippen LogP contribution in [0.4, 0.5) is 0 Å². The minimum atomic E-state index is -3.31. The molecule has 0 aliphatic carbocycles. The number of aliphatic hydroxyl groups excluding tert-OH is 1. The molecule has 6 heteroatoms. The number of aliphatic hydroxyl groups is 1. The topological polar surface area (TPSA) is 67.3 Å². The molecule has 0 radical (unpaired) electrons. The Hall–Kier alpha value is -0.460. The summed E-state index contributed by atoms with van der Waals surface area (Å²) in [6.07, 6.45) is 3.36. The summed E-state index contributed by atoms with van der Waals surface area (Å²) in [6.45, 7) is 0.104. The summed E-state index contributed by atoms with van der Waals surface area (Å²) in [5, 5.41) is 8.68. The van der Waals surface area contributed by atoms with E-state index >= 15 is 0 Å². The van der Waals surface area contributed by atoms with Crippen LogP contribution in [-0.2, 0) is 9.84 Å². The predicted molar refractivity (Wildman–Crippen MR) is 64.9 cm³/mol. The standard InChI is InChI=1S/C10H14BrNO3S/c11-9-5-4-6-12-10(9)16(14,15)8-3-1-2-7-13/h4-6,13H,1-3,7-8H2. The van der Waals surface area contributed by atoms with Crippen LogP contribution in [0.3, 0.4) is 0 Å². The van der Waals surface area contributed by atoms with Crippen molar-refractivity contribution in [2.75, 3.05) is 12.4 Å². The van der Waals surface area contributed by atoms with Gasteiger partial charge in [-0.3, -0.25) is 0 Å². The van der Waals surface area contributed by atoms with Gasteiger partial charge in [0, 0.05) is 12.8 Å². The van der Waals surface area contributed by atoms with Gasteiger partial charge in [0.25, 0.3) is 0 Å². The maximum Gasteiger partial charge on any atom is 0.196 e. The van der Waals surface area contributed by atoms with Crippen LogP contribution in [0.1, 0.15) is 19.3 Å². The summed E-state index contributed by atoms with van der Waals surface area (Å²) >= 11 is 3.17. The van der Waals surface area contributed by atoms with Gasteiger partial charge in [-0.25, -0.2) is 13.4 Å². The van der Waals surface area contributed by atoms with Crippen molar-refractivity contribution in [3.05, 3.63) is 22.8 Å². The smallest absolute Gasteiger partial charge is 0.196 e. The number of aromatic nitrogens is 1. The molecular weight excluding hydrogens is 294 g/mol. The molecule has 1 aromatic heterocycles. The molecule has 0 aliphatic heterocycles. The summed E-state index contributed by atoms with van der Waals surface area (Å²) in [5.41, 5.74) is 0. The van der Waals surface area contributed by atoms with Crippen molar-refractivity contribution in [1.29, 1.82) is 0 Å². The molecule has 0 amide bonds. The number of unbranched alkanes of at least 4 members (excludes halogenated alkanes) is 2. The van der Waals surface area contributed by atoms with Crippen LogP contribution in [0.15, 0.2) is 27.8 Å². The molecule has 90 valence electrons. The Morgan fingerprint density at radius 3 is 2.69 bits per heavy atom. The Morgan fingerprint density at radius 1 is 1.31 bits per heavy atom. The molecule has 1 N–H and O–H groups in total. The van der Waals surface area contributed by atoms with Crippen LogP contribution >= 0.6 is 15.9 Å². The van der Waals surface area contributed by atoms with E-state index < -0.39 is 9.84 Å². The molecule has 4 nitrogen and oxygen atoms in total. The first-order chi connectivity index (χ1) is 7.58. The van der Waals surface area contributed by atoms with Crippen LogP contribution < -0.4 is 0 Å². The van der Waals surface area contributed by atoms with Crippen molar-refractivity contribution in [2.24, 2.45) is 0 Å². The van der Waals surface area contributed by atoms with Gasteiger partial charge < -0.3 is 5.11 Å². The van der Waals surface area contributed by atoms with Gasteiger partial charge >= 0.3 is 0 Å². The average molecular weight is 308 g/mol. The van der Waals surface area contributed by atoms with Crippen LogP contribution in [0.2, 0.25) is 0 Å². The Labute approximate surface area is 104 Å². The molecule has 0 aromatic carbocycles. The van der Waals surface area contributed by atoms with Crippen LogP contribution in [0, 0.1) is 0 Å². The Balaban J connectivity index is 2.68. The highest BCUT2D eigenvalue weighted by Gasteiger charge is 2.18. The first-order valence-electron chi connectivity index (χ1n) is 5.02. The second-order valence-corrected chi connectivity index (χ2v) is 6.27. The molecule has 16 heavy (non-hydrogen) atoms. The Morgan fingerprint density at radius 2 is 2.06 bits per heavy atom. The number of nitrogens with zero attached hydrogens (tertiary/aromatic N) is 1. The second-order valence-electron chi connectivity index (χ2n) is 3.39. The largest absolute Gasteiger partial charge is 0.396 e. The van der Waals surface area contributed by atoms with Crippen LogP contribution in [-0.4, -0.2) is 30.9 Å². The SMILES string of the molecule is O=S(=O)(CCCCCO)c1ncccc1Br. The van der Waals surface area contributed by atoms with Crippen LogP contribution in [0.5, 0.6) is 0 Å². The third-order valence-corrected chi connectivity index (χ3v) is 4.73. The van der Waals surface area contributed by atoms with E-state index in [1.54, 1.807) is 12.1 Å². The number of pyridine rings is 1. The highest BCUT2D eigenvalue weighted by Crippen LogP contribution is 2.20. The number of sulfone groups is 1. The Kier molecular flexibility index (Phi) is 5.37. The average Bonchev–Trinajstić information content (AvgIpc) is 2.25. The molecular formula is C10H14BrNO3S. The molecule has 1 aromatic rings. The van der Waals surface area contributed by atoms with E-state index in [4.69, 9.17) is 5.11 Å². The third-order valence-electron chi connectivity index (χ3n) is 2.09. The minimum absolute atomic E-state index is 0.0720. The predicted octanol–water partition coefficient (Wildman–Crippen LogP) is 1.78. The van der Waals surface area contributed by atoms with E-state index in [0.29, 0.717) is 23.7 Å². The lowest BCUT2D eigenvalue weighted by molar-refractivity contribution is 0.284. The van der Waals surface area contributed by atoms with Crippen molar-refractivity contribution in [2.45, 2.75) is 24.3 Å². The quantitative estimate of drug-likeness (QED) is 0.814. The van der Waals surface area contributed by atoms with Gasteiger partial charge in [0.15, 0.2) is 14.9 Å². The number of hydrogen-bond donors (Lipinski definition) is 1. The first kappa shape index (κ1) is 13.6. The highest BCUT2D eigenvalue weighted by atomic mass is 79.9. The zero-order valence-corrected chi connectivity index (χ0v) is 11.2. The normalized spacial score (nSPS) is 11.6.